The number of rotatable bonds is 3. The average Bonchev–Trinajstić information content (AvgIpc) is 2.46. The van der Waals surface area contributed by atoms with Crippen molar-refractivity contribution in [2.75, 3.05) is 36.6 Å². The van der Waals surface area contributed by atoms with Crippen LogP contribution in [0.1, 0.15) is 10.4 Å². The minimum Gasteiger partial charge on any atom is -0.465 e. The van der Waals surface area contributed by atoms with Crippen molar-refractivity contribution in [2.45, 2.75) is 0 Å². The molecule has 1 aliphatic heterocycles. The van der Waals surface area contributed by atoms with E-state index in [1.807, 2.05) is 4.90 Å². The number of thioether (sulfide) groups is 1. The summed E-state index contributed by atoms with van der Waals surface area (Å²) in [4.78, 5) is 28.2. The first kappa shape index (κ1) is 13.6. The van der Waals surface area contributed by atoms with Crippen LogP contribution in [-0.2, 0) is 4.74 Å². The first-order valence-electron chi connectivity index (χ1n) is 5.69. The first-order valence-corrected chi connectivity index (χ1v) is 6.85. The lowest BCUT2D eigenvalue weighted by atomic mass is 10.2. The smallest absolute Gasteiger partial charge is 0.345 e. The highest BCUT2D eigenvalue weighted by Gasteiger charge is 2.30. The summed E-state index contributed by atoms with van der Waals surface area (Å²) in [6.45, 7) is 1.37. The van der Waals surface area contributed by atoms with Crippen molar-refractivity contribution >= 4 is 29.2 Å². The molecule has 102 valence electrons. The van der Waals surface area contributed by atoms with Crippen LogP contribution >= 0.6 is 11.8 Å². The van der Waals surface area contributed by atoms with Crippen LogP contribution in [0.15, 0.2) is 12.3 Å². The van der Waals surface area contributed by atoms with Gasteiger partial charge in [0.2, 0.25) is 5.82 Å². The maximum absolute atomic E-state index is 11.6. The number of hydrogen-bond acceptors (Lipinski definition) is 7. The van der Waals surface area contributed by atoms with Crippen LogP contribution in [0, 0.1) is 10.1 Å². The van der Waals surface area contributed by atoms with E-state index in [2.05, 4.69) is 9.72 Å². The van der Waals surface area contributed by atoms with Crippen molar-refractivity contribution in [1.29, 1.82) is 0 Å². The number of aromatic nitrogens is 1. The number of carbonyl (C=O) groups excluding carboxylic acids is 1. The molecular weight excluding hydrogens is 270 g/mol. The van der Waals surface area contributed by atoms with Crippen LogP contribution in [0.2, 0.25) is 0 Å². The summed E-state index contributed by atoms with van der Waals surface area (Å²) in [6, 6.07) is 1.31. The van der Waals surface area contributed by atoms with E-state index in [9.17, 15) is 14.9 Å². The molecule has 8 heteroatoms. The molecule has 0 atom stereocenters. The lowest BCUT2D eigenvalue weighted by molar-refractivity contribution is -0.384. The molecule has 0 aliphatic carbocycles. The summed E-state index contributed by atoms with van der Waals surface area (Å²) in [6.07, 6.45) is 1.40. The van der Waals surface area contributed by atoms with Gasteiger partial charge in [-0.25, -0.2) is 9.78 Å². The Labute approximate surface area is 114 Å². The number of pyridine rings is 1. The number of carbonyl (C=O) groups is 1. The summed E-state index contributed by atoms with van der Waals surface area (Å²) < 4.78 is 4.58. The molecule has 0 bridgehead atoms. The second kappa shape index (κ2) is 5.87. The van der Waals surface area contributed by atoms with Gasteiger partial charge >= 0.3 is 11.7 Å². The van der Waals surface area contributed by atoms with Gasteiger partial charge in [0.25, 0.3) is 0 Å². The molecule has 0 saturated carbocycles. The fourth-order valence-corrected chi connectivity index (χ4v) is 2.81. The zero-order chi connectivity index (χ0) is 13.8. The molecule has 7 nitrogen and oxygen atoms in total. The Hall–Kier alpha value is -1.83. The van der Waals surface area contributed by atoms with Gasteiger partial charge in [0.05, 0.1) is 12.0 Å². The minimum atomic E-state index is -0.721. The number of hydrogen-bond donors (Lipinski definition) is 0. The zero-order valence-corrected chi connectivity index (χ0v) is 11.2. The summed E-state index contributed by atoms with van der Waals surface area (Å²) in [5.41, 5.74) is -0.336. The van der Waals surface area contributed by atoms with Gasteiger partial charge in [-0.3, -0.25) is 10.1 Å². The fraction of sp³-hybridized carbons (Fsp3) is 0.455. The predicted octanol–water partition coefficient (Wildman–Crippen LogP) is 1.33. The highest BCUT2D eigenvalue weighted by molar-refractivity contribution is 7.99. The number of ether oxygens (including phenoxy) is 1. The van der Waals surface area contributed by atoms with Gasteiger partial charge in [-0.15, -0.1) is 0 Å². The zero-order valence-electron chi connectivity index (χ0n) is 10.4. The molecule has 0 radical (unpaired) electrons. The standard InChI is InChI=1S/C11H13N3O4S/c1-18-11(15)8-2-3-12-10(9(8)14(16)17)13-4-6-19-7-5-13/h2-3H,4-7H2,1H3. The molecule has 0 aromatic carbocycles. The molecule has 1 aromatic heterocycles. The van der Waals surface area contributed by atoms with E-state index in [1.165, 1.54) is 19.4 Å². The highest BCUT2D eigenvalue weighted by atomic mass is 32.2. The van der Waals surface area contributed by atoms with Crippen LogP contribution in [0.3, 0.4) is 0 Å². The predicted molar refractivity (Wildman–Crippen MR) is 71.8 cm³/mol. The summed E-state index contributed by atoms with van der Waals surface area (Å²) >= 11 is 1.79. The molecule has 0 unspecified atom stereocenters. The SMILES string of the molecule is COC(=O)c1ccnc(N2CCSCC2)c1[N+](=O)[O-]. The second-order valence-electron chi connectivity index (χ2n) is 3.88. The molecule has 1 aromatic rings. The first-order chi connectivity index (χ1) is 9.15. The summed E-state index contributed by atoms with van der Waals surface area (Å²) in [5.74, 6) is 1.30. The normalized spacial score (nSPS) is 15.1. The van der Waals surface area contributed by atoms with Crippen molar-refractivity contribution in [3.05, 3.63) is 27.9 Å². The minimum absolute atomic E-state index is 0.0595. The Balaban J connectivity index is 2.47. The van der Waals surface area contributed by atoms with E-state index in [0.29, 0.717) is 13.1 Å². The fourth-order valence-electron chi connectivity index (χ4n) is 1.90. The second-order valence-corrected chi connectivity index (χ2v) is 5.10. The van der Waals surface area contributed by atoms with Crippen LogP contribution in [0.5, 0.6) is 0 Å². The molecule has 1 saturated heterocycles. The number of nitro groups is 1. The van der Waals surface area contributed by atoms with E-state index >= 15 is 0 Å². The maximum atomic E-state index is 11.6. The Kier molecular flexibility index (Phi) is 4.20. The molecule has 2 rings (SSSR count). The maximum Gasteiger partial charge on any atom is 0.345 e. The molecule has 0 spiro atoms. The summed E-state index contributed by atoms with van der Waals surface area (Å²) in [5, 5.41) is 11.2. The van der Waals surface area contributed by atoms with Crippen LogP contribution in [-0.4, -0.2) is 47.6 Å². The highest BCUT2D eigenvalue weighted by Crippen LogP contribution is 2.31. The van der Waals surface area contributed by atoms with Crippen LogP contribution < -0.4 is 4.90 Å². The van der Waals surface area contributed by atoms with Gasteiger partial charge in [-0.05, 0) is 6.07 Å². The average molecular weight is 283 g/mol. The molecule has 1 fully saturated rings. The van der Waals surface area contributed by atoms with E-state index in [-0.39, 0.29) is 17.1 Å². The van der Waals surface area contributed by atoms with Crippen LogP contribution in [0.4, 0.5) is 11.5 Å². The van der Waals surface area contributed by atoms with Gasteiger partial charge in [-0.2, -0.15) is 11.8 Å². The largest absolute Gasteiger partial charge is 0.465 e. The number of methoxy groups -OCH3 is 1. The van der Waals surface area contributed by atoms with E-state index in [1.54, 1.807) is 11.8 Å². The Bertz CT molecular complexity index is 503. The van der Waals surface area contributed by atoms with Gasteiger partial charge in [0.15, 0.2) is 0 Å². The van der Waals surface area contributed by atoms with Crippen LogP contribution in [0.25, 0.3) is 0 Å². The third kappa shape index (κ3) is 2.78. The summed E-state index contributed by atoms with van der Waals surface area (Å²) in [7, 11) is 1.20. The third-order valence-corrected chi connectivity index (χ3v) is 3.75. The van der Waals surface area contributed by atoms with Gasteiger partial charge in [-0.1, -0.05) is 0 Å². The number of nitrogens with zero attached hydrogens (tertiary/aromatic N) is 3. The Morgan fingerprint density at radius 1 is 1.53 bits per heavy atom. The lowest BCUT2D eigenvalue weighted by Gasteiger charge is -2.27. The molecule has 2 heterocycles. The monoisotopic (exact) mass is 283 g/mol. The number of esters is 1. The van der Waals surface area contributed by atoms with Crippen molar-refractivity contribution in [1.82, 2.24) is 4.98 Å². The quantitative estimate of drug-likeness (QED) is 0.470. The topological polar surface area (TPSA) is 85.6 Å². The van der Waals surface area contributed by atoms with E-state index < -0.39 is 10.9 Å². The molecule has 0 amide bonds. The molecule has 1 aliphatic rings. The van der Waals surface area contributed by atoms with Gasteiger partial charge in [0.1, 0.15) is 5.56 Å². The molecule has 0 N–H and O–H groups in total. The lowest BCUT2D eigenvalue weighted by Crippen LogP contribution is -2.34. The van der Waals surface area contributed by atoms with Crippen molar-refractivity contribution < 1.29 is 14.5 Å². The van der Waals surface area contributed by atoms with E-state index in [0.717, 1.165) is 11.5 Å². The van der Waals surface area contributed by atoms with Crippen molar-refractivity contribution in [3.63, 3.8) is 0 Å². The molecular formula is C11H13N3O4S. The van der Waals surface area contributed by atoms with Crippen molar-refractivity contribution in [3.8, 4) is 0 Å². The van der Waals surface area contributed by atoms with Gasteiger partial charge in [0, 0.05) is 30.8 Å². The van der Waals surface area contributed by atoms with Gasteiger partial charge < -0.3 is 9.64 Å². The van der Waals surface area contributed by atoms with Crippen molar-refractivity contribution in [2.24, 2.45) is 0 Å². The Morgan fingerprint density at radius 2 is 2.21 bits per heavy atom. The number of anilines is 1. The van der Waals surface area contributed by atoms with E-state index in [4.69, 9.17) is 0 Å². The molecule has 19 heavy (non-hydrogen) atoms. The third-order valence-electron chi connectivity index (χ3n) is 2.80. The Morgan fingerprint density at radius 3 is 2.79 bits per heavy atom.